The third kappa shape index (κ3) is 4.08. The van der Waals surface area contributed by atoms with Gasteiger partial charge in [-0.1, -0.05) is 31.1 Å². The van der Waals surface area contributed by atoms with Gasteiger partial charge in [0.15, 0.2) is 17.7 Å². The highest BCUT2D eigenvalue weighted by atomic mass is 19.1. The summed E-state index contributed by atoms with van der Waals surface area (Å²) in [7, 11) is 0. The zero-order chi connectivity index (χ0) is 20.3. The molecule has 2 heterocycles. The van der Waals surface area contributed by atoms with Crippen LogP contribution >= 0.6 is 0 Å². The largest absolute Gasteiger partial charge is 0.478 e. The molecule has 1 aromatic carbocycles. The maximum absolute atomic E-state index is 13.6. The number of aromatic nitrogens is 2. The molecule has 9 heteroatoms. The normalized spacial score (nSPS) is 12.0. The lowest BCUT2D eigenvalue weighted by atomic mass is 10.1. The first-order chi connectivity index (χ1) is 13.4. The number of pyridine rings is 1. The van der Waals surface area contributed by atoms with Crippen molar-refractivity contribution < 1.29 is 23.2 Å². The van der Waals surface area contributed by atoms with Gasteiger partial charge in [0.1, 0.15) is 0 Å². The number of amides is 2. The molecule has 0 aliphatic heterocycles. The number of hydrogen-bond acceptors (Lipinski definition) is 6. The van der Waals surface area contributed by atoms with E-state index in [0.717, 1.165) is 0 Å². The van der Waals surface area contributed by atoms with E-state index in [1.165, 1.54) is 31.3 Å². The van der Waals surface area contributed by atoms with Crippen molar-refractivity contribution in [1.82, 2.24) is 21.0 Å². The average Bonchev–Trinajstić information content (AvgIpc) is 3.11. The summed E-state index contributed by atoms with van der Waals surface area (Å²) in [6.07, 6.45) is 0.293. The van der Waals surface area contributed by atoms with E-state index in [4.69, 9.17) is 9.26 Å². The lowest BCUT2D eigenvalue weighted by molar-refractivity contribution is -0.128. The first kappa shape index (κ1) is 19.3. The van der Waals surface area contributed by atoms with E-state index in [1.54, 1.807) is 12.1 Å². The Bertz CT molecular complexity index is 1020. The van der Waals surface area contributed by atoms with Gasteiger partial charge in [-0.2, -0.15) is 0 Å². The SMILES string of the molecule is CC(Oc1ccccc1F)C(=O)NNC(=O)c1cnc2onc(C(C)C)c2c1. The van der Waals surface area contributed by atoms with Gasteiger partial charge < -0.3 is 9.26 Å². The number of para-hydroxylation sites is 1. The number of carbonyl (C=O) groups is 2. The fourth-order valence-electron chi connectivity index (χ4n) is 2.47. The van der Waals surface area contributed by atoms with Gasteiger partial charge in [-0.05, 0) is 31.0 Å². The van der Waals surface area contributed by atoms with Crippen LogP contribution in [0.3, 0.4) is 0 Å². The highest BCUT2D eigenvalue weighted by Gasteiger charge is 2.19. The molecule has 0 spiro atoms. The second kappa shape index (κ2) is 8.03. The fourth-order valence-corrected chi connectivity index (χ4v) is 2.47. The van der Waals surface area contributed by atoms with Crippen molar-refractivity contribution in [2.45, 2.75) is 32.8 Å². The molecular weight excluding hydrogens is 367 g/mol. The van der Waals surface area contributed by atoms with Crippen LogP contribution < -0.4 is 15.6 Å². The molecule has 28 heavy (non-hydrogen) atoms. The van der Waals surface area contributed by atoms with Crippen LogP contribution in [0.5, 0.6) is 5.75 Å². The molecule has 0 fully saturated rings. The van der Waals surface area contributed by atoms with Gasteiger partial charge in [0.05, 0.1) is 16.6 Å². The summed E-state index contributed by atoms with van der Waals surface area (Å²) in [5, 5.41) is 4.58. The number of nitrogens with one attached hydrogen (secondary N) is 2. The summed E-state index contributed by atoms with van der Waals surface area (Å²) in [5.41, 5.74) is 5.77. The zero-order valence-electron chi connectivity index (χ0n) is 15.5. The number of ether oxygens (including phenoxy) is 1. The van der Waals surface area contributed by atoms with Crippen LogP contribution in [-0.2, 0) is 4.79 Å². The molecular formula is C19H19FN4O4. The molecule has 2 aromatic heterocycles. The molecule has 0 saturated heterocycles. The Morgan fingerprint density at radius 1 is 1.18 bits per heavy atom. The molecule has 146 valence electrons. The van der Waals surface area contributed by atoms with Crippen LogP contribution in [0, 0.1) is 5.82 Å². The van der Waals surface area contributed by atoms with E-state index in [2.05, 4.69) is 21.0 Å². The van der Waals surface area contributed by atoms with Gasteiger partial charge in [-0.25, -0.2) is 9.37 Å². The Balaban J connectivity index is 1.63. The van der Waals surface area contributed by atoms with Gasteiger partial charge in [-0.3, -0.25) is 20.4 Å². The van der Waals surface area contributed by atoms with Crippen LogP contribution in [0.1, 0.15) is 42.7 Å². The third-order valence-corrected chi connectivity index (χ3v) is 3.98. The summed E-state index contributed by atoms with van der Waals surface area (Å²) in [6.45, 7) is 5.33. The Labute approximate surface area is 160 Å². The number of fused-ring (bicyclic) bond motifs is 1. The number of hydrazine groups is 1. The quantitative estimate of drug-likeness (QED) is 0.653. The molecule has 1 unspecified atom stereocenters. The summed E-state index contributed by atoms with van der Waals surface area (Å²) in [5.74, 6) is -1.76. The van der Waals surface area contributed by atoms with Crippen molar-refractivity contribution in [2.24, 2.45) is 0 Å². The molecule has 0 saturated carbocycles. The van der Waals surface area contributed by atoms with Crippen LogP contribution in [0.25, 0.3) is 11.1 Å². The van der Waals surface area contributed by atoms with Crippen molar-refractivity contribution in [3.8, 4) is 5.75 Å². The van der Waals surface area contributed by atoms with Crippen LogP contribution in [0.4, 0.5) is 4.39 Å². The smallest absolute Gasteiger partial charge is 0.279 e. The minimum Gasteiger partial charge on any atom is -0.478 e. The number of carbonyl (C=O) groups excluding carboxylic acids is 2. The summed E-state index contributed by atoms with van der Waals surface area (Å²) in [4.78, 5) is 28.5. The second-order valence-electron chi connectivity index (χ2n) is 6.43. The molecule has 3 aromatic rings. The van der Waals surface area contributed by atoms with Crippen molar-refractivity contribution in [2.75, 3.05) is 0 Å². The topological polar surface area (TPSA) is 106 Å². The number of rotatable bonds is 5. The van der Waals surface area contributed by atoms with Crippen LogP contribution in [-0.4, -0.2) is 28.1 Å². The summed E-state index contributed by atoms with van der Waals surface area (Å²) in [6, 6.07) is 7.32. The predicted molar refractivity (Wildman–Crippen MR) is 98.0 cm³/mol. The van der Waals surface area contributed by atoms with E-state index in [0.29, 0.717) is 16.8 Å². The minimum absolute atomic E-state index is 0.0557. The lowest BCUT2D eigenvalue weighted by Crippen LogP contribution is -2.47. The number of hydrogen-bond donors (Lipinski definition) is 2. The van der Waals surface area contributed by atoms with Gasteiger partial charge in [-0.15, -0.1) is 0 Å². The molecule has 1 atom stereocenters. The zero-order valence-corrected chi connectivity index (χ0v) is 15.5. The van der Waals surface area contributed by atoms with E-state index < -0.39 is 23.7 Å². The molecule has 0 aliphatic carbocycles. The average molecular weight is 386 g/mol. The molecule has 2 N–H and O–H groups in total. The monoisotopic (exact) mass is 386 g/mol. The van der Waals surface area contributed by atoms with Gasteiger partial charge in [0.25, 0.3) is 17.5 Å². The maximum atomic E-state index is 13.6. The predicted octanol–water partition coefficient (Wildman–Crippen LogP) is 2.71. The van der Waals surface area contributed by atoms with Crippen molar-refractivity contribution in [3.63, 3.8) is 0 Å². The molecule has 3 rings (SSSR count). The second-order valence-corrected chi connectivity index (χ2v) is 6.43. The van der Waals surface area contributed by atoms with E-state index in [-0.39, 0.29) is 17.2 Å². The Hall–Kier alpha value is -3.49. The first-order valence-corrected chi connectivity index (χ1v) is 8.63. The molecule has 0 aliphatic rings. The van der Waals surface area contributed by atoms with Crippen molar-refractivity contribution in [3.05, 3.63) is 53.6 Å². The number of halogens is 1. The van der Waals surface area contributed by atoms with Gasteiger partial charge >= 0.3 is 0 Å². The Morgan fingerprint density at radius 3 is 2.64 bits per heavy atom. The van der Waals surface area contributed by atoms with E-state index in [9.17, 15) is 14.0 Å². The molecule has 8 nitrogen and oxygen atoms in total. The number of benzene rings is 1. The van der Waals surface area contributed by atoms with E-state index >= 15 is 0 Å². The first-order valence-electron chi connectivity index (χ1n) is 8.63. The standard InChI is InChI=1S/C19H19FN4O4/c1-10(2)16-13-8-12(9-21-19(13)28-24-16)18(26)23-22-17(25)11(3)27-15-7-5-4-6-14(15)20/h4-11H,1-3H3,(H,22,25)(H,23,26). The van der Waals surface area contributed by atoms with Gasteiger partial charge in [0, 0.05) is 6.20 Å². The molecule has 0 radical (unpaired) electrons. The van der Waals surface area contributed by atoms with Crippen LogP contribution in [0.15, 0.2) is 41.1 Å². The van der Waals surface area contributed by atoms with Crippen LogP contribution in [0.2, 0.25) is 0 Å². The number of nitrogens with zero attached hydrogens (tertiary/aromatic N) is 2. The summed E-state index contributed by atoms with van der Waals surface area (Å²) >= 11 is 0. The van der Waals surface area contributed by atoms with E-state index in [1.807, 2.05) is 13.8 Å². The molecule has 2 amide bonds. The Kier molecular flexibility index (Phi) is 5.53. The lowest BCUT2D eigenvalue weighted by Gasteiger charge is -2.15. The van der Waals surface area contributed by atoms with Crippen molar-refractivity contribution >= 4 is 22.9 Å². The third-order valence-electron chi connectivity index (χ3n) is 3.98. The highest BCUT2D eigenvalue weighted by molar-refractivity contribution is 5.98. The molecule has 0 bridgehead atoms. The minimum atomic E-state index is -1.02. The van der Waals surface area contributed by atoms with Gasteiger partial charge in [0.2, 0.25) is 0 Å². The summed E-state index contributed by atoms with van der Waals surface area (Å²) < 4.78 is 24.0. The van der Waals surface area contributed by atoms with Crippen molar-refractivity contribution in [1.29, 1.82) is 0 Å². The highest BCUT2D eigenvalue weighted by Crippen LogP contribution is 2.24. The maximum Gasteiger partial charge on any atom is 0.279 e. The Morgan fingerprint density at radius 2 is 1.93 bits per heavy atom. The fraction of sp³-hybridized carbons (Fsp3) is 0.263.